The van der Waals surface area contributed by atoms with Gasteiger partial charge in [-0.1, -0.05) is 67.9 Å². The molecule has 5 rings (SSSR count). The van der Waals surface area contributed by atoms with Gasteiger partial charge in [0.25, 0.3) is 0 Å². The van der Waals surface area contributed by atoms with Crippen LogP contribution >= 0.6 is 11.6 Å². The predicted octanol–water partition coefficient (Wildman–Crippen LogP) is 7.50. The fraction of sp³-hybridized carbons (Fsp3) is 0.278. The van der Waals surface area contributed by atoms with Crippen molar-refractivity contribution in [2.75, 3.05) is 19.5 Å². The third-order valence-corrected chi connectivity index (χ3v) is 10.5. The van der Waals surface area contributed by atoms with E-state index in [0.717, 1.165) is 11.1 Å². The summed E-state index contributed by atoms with van der Waals surface area (Å²) in [4.78, 5) is 13.3. The van der Waals surface area contributed by atoms with E-state index in [1.54, 1.807) is 68.9 Å². The average molecular weight is 675 g/mol. The third-order valence-electron chi connectivity index (χ3n) is 8.28. The van der Waals surface area contributed by atoms with Gasteiger partial charge >= 0.3 is 0 Å². The number of benzene rings is 4. The molecule has 9 nitrogen and oxygen atoms in total. The van der Waals surface area contributed by atoms with Gasteiger partial charge in [-0.3, -0.25) is 9.48 Å². The molecule has 0 aliphatic heterocycles. The van der Waals surface area contributed by atoms with Crippen molar-refractivity contribution in [3.63, 3.8) is 0 Å². The van der Waals surface area contributed by atoms with Crippen molar-refractivity contribution in [1.29, 1.82) is 0 Å². The Labute approximate surface area is 281 Å². The van der Waals surface area contributed by atoms with Crippen LogP contribution in [-0.2, 0) is 34.3 Å². The van der Waals surface area contributed by atoms with Crippen molar-refractivity contribution in [2.24, 2.45) is 5.92 Å². The Morgan fingerprint density at radius 1 is 0.894 bits per heavy atom. The number of carbonyl (C=O) groups excluding carboxylic acids is 1. The van der Waals surface area contributed by atoms with Gasteiger partial charge in [-0.2, -0.15) is 9.40 Å². The fourth-order valence-corrected chi connectivity index (χ4v) is 7.09. The highest BCUT2D eigenvalue weighted by Gasteiger charge is 2.30. The van der Waals surface area contributed by atoms with Crippen LogP contribution in [0, 0.1) is 5.92 Å². The van der Waals surface area contributed by atoms with Crippen LogP contribution in [0.3, 0.4) is 0 Å². The number of nitrogens with zero attached hydrogens (tertiary/aromatic N) is 3. The minimum absolute atomic E-state index is 0.0303. The van der Waals surface area contributed by atoms with Gasteiger partial charge in [0.1, 0.15) is 11.5 Å². The Hall–Kier alpha value is -4.38. The second-order valence-electron chi connectivity index (χ2n) is 11.8. The Balaban J connectivity index is 1.60. The Bertz CT molecular complexity index is 1910. The van der Waals surface area contributed by atoms with Crippen molar-refractivity contribution in [3.05, 3.63) is 113 Å². The molecule has 1 amide bonds. The summed E-state index contributed by atoms with van der Waals surface area (Å²) in [5.74, 6) is 1.24. The molecule has 1 unspecified atom stereocenters. The molecule has 47 heavy (non-hydrogen) atoms. The number of nitrogens with one attached hydrogen (secondary N) is 1. The van der Waals surface area contributed by atoms with Crippen LogP contribution in [0.1, 0.15) is 43.5 Å². The minimum atomic E-state index is -4.17. The number of ether oxygens (including phenoxy) is 2. The highest BCUT2D eigenvalue weighted by atomic mass is 35.5. The number of fused-ring (bicyclic) bond motifs is 1. The van der Waals surface area contributed by atoms with Crippen molar-refractivity contribution >= 4 is 44.1 Å². The zero-order chi connectivity index (χ0) is 33.7. The minimum Gasteiger partial charge on any atom is -0.497 e. The maximum atomic E-state index is 14.8. The molecule has 246 valence electrons. The van der Waals surface area contributed by atoms with Crippen LogP contribution < -0.4 is 14.8 Å². The van der Waals surface area contributed by atoms with E-state index in [1.165, 1.54) is 10.4 Å². The number of carbonyl (C=O) groups is 1. The number of amides is 1. The summed E-state index contributed by atoms with van der Waals surface area (Å²) in [7, 11) is -0.998. The number of hydrogen-bond donors (Lipinski definition) is 1. The van der Waals surface area contributed by atoms with E-state index in [2.05, 4.69) is 24.3 Å². The second-order valence-corrected chi connectivity index (χ2v) is 14.1. The summed E-state index contributed by atoms with van der Waals surface area (Å²) in [5, 5.41) is 8.51. The summed E-state index contributed by atoms with van der Waals surface area (Å²) < 4.78 is 43.5. The molecule has 0 aliphatic carbocycles. The Morgan fingerprint density at radius 3 is 2.00 bits per heavy atom. The molecule has 1 heterocycles. The van der Waals surface area contributed by atoms with Gasteiger partial charge < -0.3 is 14.8 Å². The summed E-state index contributed by atoms with van der Waals surface area (Å²) in [6, 6.07) is 25.0. The van der Waals surface area contributed by atoms with E-state index in [4.69, 9.17) is 21.1 Å². The zero-order valence-corrected chi connectivity index (χ0v) is 28.7. The standard InChI is InChI=1S/C36H39ClN4O5S/c1-24(2)25(3)41-34-19-29(39-36(42)18-28-8-6-7-9-33(28)37)20-35(32(34)21-38-41)47(43,44)40(22-26-10-14-30(45-4)15-11-26)23-27-12-16-31(46-5)17-13-27/h6-17,19-21,24-25H,18,22-23H2,1-5H3,(H,39,42). The highest BCUT2D eigenvalue weighted by molar-refractivity contribution is 7.89. The van der Waals surface area contributed by atoms with Crippen LogP contribution in [0.25, 0.3) is 10.9 Å². The summed E-state index contributed by atoms with van der Waals surface area (Å²) >= 11 is 6.32. The monoisotopic (exact) mass is 674 g/mol. The smallest absolute Gasteiger partial charge is 0.244 e. The Morgan fingerprint density at radius 2 is 1.47 bits per heavy atom. The zero-order valence-electron chi connectivity index (χ0n) is 27.1. The number of anilines is 1. The van der Waals surface area contributed by atoms with Crippen LogP contribution in [-0.4, -0.2) is 42.6 Å². The molecule has 0 bridgehead atoms. The lowest BCUT2D eigenvalue weighted by Crippen LogP contribution is -2.30. The maximum absolute atomic E-state index is 14.8. The lowest BCUT2D eigenvalue weighted by molar-refractivity contribution is -0.115. The number of aromatic nitrogens is 2. The maximum Gasteiger partial charge on any atom is 0.244 e. The first-order valence-corrected chi connectivity index (χ1v) is 17.1. The third kappa shape index (κ3) is 7.78. The molecule has 0 fully saturated rings. The van der Waals surface area contributed by atoms with Gasteiger partial charge in [-0.15, -0.1) is 0 Å². The van der Waals surface area contributed by atoms with Crippen molar-refractivity contribution in [3.8, 4) is 11.5 Å². The van der Waals surface area contributed by atoms with Crippen molar-refractivity contribution in [1.82, 2.24) is 14.1 Å². The molecule has 0 aliphatic rings. The van der Waals surface area contributed by atoms with Gasteiger partial charge in [0.2, 0.25) is 15.9 Å². The molecule has 1 atom stereocenters. The fourth-order valence-electron chi connectivity index (χ4n) is 5.26. The lowest BCUT2D eigenvalue weighted by Gasteiger charge is -2.24. The van der Waals surface area contributed by atoms with E-state index in [-0.39, 0.29) is 42.3 Å². The molecule has 1 aromatic heterocycles. The van der Waals surface area contributed by atoms with Crippen LogP contribution in [0.4, 0.5) is 5.69 Å². The highest BCUT2D eigenvalue weighted by Crippen LogP contribution is 2.34. The van der Waals surface area contributed by atoms with E-state index >= 15 is 0 Å². The van der Waals surface area contributed by atoms with Gasteiger partial charge in [-0.25, -0.2) is 8.42 Å². The van der Waals surface area contributed by atoms with E-state index in [0.29, 0.717) is 38.7 Å². The molecule has 5 aromatic rings. The second kappa shape index (κ2) is 14.6. The summed E-state index contributed by atoms with van der Waals surface area (Å²) in [6.45, 7) is 6.39. The van der Waals surface area contributed by atoms with Crippen molar-refractivity contribution in [2.45, 2.75) is 51.2 Å². The molecule has 0 spiro atoms. The van der Waals surface area contributed by atoms with E-state index in [1.807, 2.05) is 41.9 Å². The first-order valence-electron chi connectivity index (χ1n) is 15.3. The molecule has 4 aromatic carbocycles. The quantitative estimate of drug-likeness (QED) is 0.139. The first kappa shape index (κ1) is 34.0. The molecule has 0 radical (unpaired) electrons. The molecule has 1 N–H and O–H groups in total. The first-order chi connectivity index (χ1) is 22.5. The van der Waals surface area contributed by atoms with Crippen LogP contribution in [0.2, 0.25) is 5.02 Å². The average Bonchev–Trinajstić information content (AvgIpc) is 3.49. The van der Waals surface area contributed by atoms with Gasteiger partial charge in [-0.05, 0) is 72.0 Å². The normalized spacial score (nSPS) is 12.4. The van der Waals surface area contributed by atoms with Gasteiger partial charge in [0.15, 0.2) is 0 Å². The van der Waals surface area contributed by atoms with Crippen molar-refractivity contribution < 1.29 is 22.7 Å². The molecular weight excluding hydrogens is 636 g/mol. The Kier molecular flexibility index (Phi) is 10.5. The SMILES string of the molecule is COc1ccc(CN(Cc2ccc(OC)cc2)S(=O)(=O)c2cc(NC(=O)Cc3ccccc3Cl)cc3c2cnn3C(C)C(C)C)cc1. The number of methoxy groups -OCH3 is 2. The summed E-state index contributed by atoms with van der Waals surface area (Å²) in [5.41, 5.74) is 3.19. The predicted molar refractivity (Wildman–Crippen MR) is 185 cm³/mol. The van der Waals surface area contributed by atoms with Gasteiger partial charge in [0, 0.05) is 29.2 Å². The molecule has 0 saturated heterocycles. The number of halogens is 1. The largest absolute Gasteiger partial charge is 0.497 e. The number of sulfonamides is 1. The van der Waals surface area contributed by atoms with Gasteiger partial charge in [0.05, 0.1) is 43.3 Å². The molecule has 0 saturated carbocycles. The van der Waals surface area contributed by atoms with E-state index < -0.39 is 10.0 Å². The number of hydrogen-bond acceptors (Lipinski definition) is 6. The number of rotatable bonds is 13. The molecule has 11 heteroatoms. The molecular formula is C36H39ClN4O5S. The van der Waals surface area contributed by atoms with Crippen LogP contribution in [0.5, 0.6) is 11.5 Å². The topological polar surface area (TPSA) is 103 Å². The lowest BCUT2D eigenvalue weighted by atomic mass is 10.1. The van der Waals surface area contributed by atoms with E-state index in [9.17, 15) is 13.2 Å². The summed E-state index contributed by atoms with van der Waals surface area (Å²) in [6.07, 6.45) is 1.62. The van der Waals surface area contributed by atoms with Crippen LogP contribution in [0.15, 0.2) is 96.0 Å².